The number of aromatic amines is 1. The van der Waals surface area contributed by atoms with Gasteiger partial charge in [0.2, 0.25) is 5.95 Å². The van der Waals surface area contributed by atoms with Crippen molar-refractivity contribution in [2.24, 2.45) is 4.99 Å². The van der Waals surface area contributed by atoms with E-state index in [1.165, 1.54) is 10.9 Å². The lowest BCUT2D eigenvalue weighted by Gasteiger charge is -2.12. The van der Waals surface area contributed by atoms with Crippen LogP contribution in [-0.4, -0.2) is 21.2 Å². The van der Waals surface area contributed by atoms with Crippen molar-refractivity contribution < 1.29 is 0 Å². The summed E-state index contributed by atoms with van der Waals surface area (Å²) in [6, 6.07) is 16.4. The molecule has 1 aliphatic heterocycles. The third-order valence-corrected chi connectivity index (χ3v) is 4.53. The molecule has 0 saturated heterocycles. The number of H-pyrrole nitrogens is 1. The number of nitrogens with one attached hydrogen (secondary N) is 2. The number of nitrogens with zero attached hydrogens (tertiary/aromatic N) is 3. The molecule has 2 aromatic heterocycles. The molecule has 0 aliphatic carbocycles. The molecule has 0 amide bonds. The van der Waals surface area contributed by atoms with Crippen molar-refractivity contribution in [3.05, 3.63) is 65.9 Å². The second-order valence-electron chi connectivity index (χ2n) is 6.26. The van der Waals surface area contributed by atoms with Gasteiger partial charge in [-0.2, -0.15) is 4.98 Å². The molecule has 6 heteroatoms. The number of fused-ring (bicyclic) bond motifs is 2. The van der Waals surface area contributed by atoms with Crippen LogP contribution >= 0.6 is 0 Å². The molecule has 4 aromatic rings. The summed E-state index contributed by atoms with van der Waals surface area (Å²) in [7, 11) is 0. The lowest BCUT2D eigenvalue weighted by atomic mass is 9.99. The molecule has 26 heavy (non-hydrogen) atoms. The number of anilines is 3. The standard InChI is InChI=1S/C20H16N6/c21-20-23-6-5-19(26-20)24-14-7-13-10-22-11-16(13)15(9-14)18-8-12-3-1-2-4-17(12)25-18/h1-10,25H,11H2,(H3,21,23,24,26). The van der Waals surface area contributed by atoms with Crippen molar-refractivity contribution in [2.75, 3.05) is 11.1 Å². The van der Waals surface area contributed by atoms with Crippen molar-refractivity contribution in [1.29, 1.82) is 0 Å². The molecule has 0 bridgehead atoms. The van der Waals surface area contributed by atoms with E-state index < -0.39 is 0 Å². The molecule has 0 saturated carbocycles. The molecule has 0 fully saturated rings. The van der Waals surface area contributed by atoms with Gasteiger partial charge in [-0.3, -0.25) is 4.99 Å². The average Bonchev–Trinajstić information content (AvgIpc) is 3.27. The number of nitrogens with two attached hydrogens (primary N) is 1. The van der Waals surface area contributed by atoms with E-state index in [1.54, 1.807) is 12.3 Å². The molecule has 0 radical (unpaired) electrons. The van der Waals surface area contributed by atoms with Gasteiger partial charge in [-0.1, -0.05) is 18.2 Å². The maximum Gasteiger partial charge on any atom is 0.221 e. The van der Waals surface area contributed by atoms with E-state index in [2.05, 4.69) is 55.6 Å². The van der Waals surface area contributed by atoms with Crippen LogP contribution in [0.25, 0.3) is 22.2 Å². The van der Waals surface area contributed by atoms with Gasteiger partial charge in [0.25, 0.3) is 0 Å². The van der Waals surface area contributed by atoms with Crippen molar-refractivity contribution in [1.82, 2.24) is 15.0 Å². The van der Waals surface area contributed by atoms with Crippen LogP contribution in [-0.2, 0) is 6.54 Å². The Balaban J connectivity index is 1.62. The van der Waals surface area contributed by atoms with Gasteiger partial charge in [-0.15, -0.1) is 0 Å². The third-order valence-electron chi connectivity index (χ3n) is 4.53. The van der Waals surface area contributed by atoms with Gasteiger partial charge in [0.15, 0.2) is 0 Å². The summed E-state index contributed by atoms with van der Waals surface area (Å²) in [5.41, 5.74) is 12.3. The van der Waals surface area contributed by atoms with Crippen molar-refractivity contribution in [3.8, 4) is 11.3 Å². The minimum absolute atomic E-state index is 0.244. The summed E-state index contributed by atoms with van der Waals surface area (Å²) in [5.74, 6) is 0.906. The second-order valence-corrected chi connectivity index (χ2v) is 6.26. The van der Waals surface area contributed by atoms with Gasteiger partial charge in [-0.25, -0.2) is 4.98 Å². The molecule has 0 atom stereocenters. The van der Waals surface area contributed by atoms with Crippen LogP contribution in [0.15, 0.2) is 59.7 Å². The largest absolute Gasteiger partial charge is 0.368 e. The molecule has 5 rings (SSSR count). The highest BCUT2D eigenvalue weighted by Crippen LogP contribution is 2.34. The number of aromatic nitrogens is 3. The van der Waals surface area contributed by atoms with Crippen LogP contribution in [0.4, 0.5) is 17.5 Å². The highest BCUT2D eigenvalue weighted by atomic mass is 15.1. The Morgan fingerprint density at radius 3 is 2.88 bits per heavy atom. The van der Waals surface area contributed by atoms with E-state index in [4.69, 9.17) is 5.73 Å². The van der Waals surface area contributed by atoms with Gasteiger partial charge in [0.1, 0.15) is 5.82 Å². The number of nitrogen functional groups attached to an aromatic ring is 1. The molecule has 0 unspecified atom stereocenters. The predicted molar refractivity (Wildman–Crippen MR) is 105 cm³/mol. The summed E-state index contributed by atoms with van der Waals surface area (Å²) in [6.45, 7) is 0.695. The number of hydrogen-bond acceptors (Lipinski definition) is 5. The van der Waals surface area contributed by atoms with Crippen LogP contribution in [0.3, 0.4) is 0 Å². The highest BCUT2D eigenvalue weighted by Gasteiger charge is 2.16. The van der Waals surface area contributed by atoms with E-state index in [-0.39, 0.29) is 5.95 Å². The van der Waals surface area contributed by atoms with Crippen LogP contribution in [0.1, 0.15) is 11.1 Å². The molecule has 4 N–H and O–H groups in total. The fraction of sp³-hybridized carbons (Fsp3) is 0.0500. The maximum absolute atomic E-state index is 5.68. The summed E-state index contributed by atoms with van der Waals surface area (Å²) < 4.78 is 0. The van der Waals surface area contributed by atoms with Gasteiger partial charge in [0.05, 0.1) is 6.54 Å². The number of aliphatic imine (C=N–C) groups is 1. The zero-order chi connectivity index (χ0) is 17.5. The number of hydrogen-bond donors (Lipinski definition) is 3. The number of benzene rings is 2. The Bertz CT molecular complexity index is 1130. The van der Waals surface area contributed by atoms with Crippen molar-refractivity contribution in [3.63, 3.8) is 0 Å². The lowest BCUT2D eigenvalue weighted by molar-refractivity contribution is 1.11. The molecular weight excluding hydrogens is 324 g/mol. The number of para-hydroxylation sites is 1. The van der Waals surface area contributed by atoms with Crippen LogP contribution in [0.2, 0.25) is 0 Å². The van der Waals surface area contributed by atoms with Crippen molar-refractivity contribution in [2.45, 2.75) is 6.54 Å². The molecular formula is C20H16N6. The summed E-state index contributed by atoms with van der Waals surface area (Å²) in [6.07, 6.45) is 3.55. The van der Waals surface area contributed by atoms with Crippen LogP contribution < -0.4 is 11.1 Å². The Morgan fingerprint density at radius 2 is 2.00 bits per heavy atom. The van der Waals surface area contributed by atoms with E-state index in [0.717, 1.165) is 28.0 Å². The first kappa shape index (κ1) is 14.7. The third kappa shape index (κ3) is 2.48. The molecule has 3 heterocycles. The fourth-order valence-corrected chi connectivity index (χ4v) is 3.34. The van der Waals surface area contributed by atoms with Gasteiger partial charge in [-0.05, 0) is 35.9 Å². The van der Waals surface area contributed by atoms with Crippen LogP contribution in [0, 0.1) is 0 Å². The fourth-order valence-electron chi connectivity index (χ4n) is 3.34. The van der Waals surface area contributed by atoms with Crippen molar-refractivity contribution >= 4 is 34.6 Å². The topological polar surface area (TPSA) is 92.0 Å². The summed E-state index contributed by atoms with van der Waals surface area (Å²) in [4.78, 5) is 16.1. The van der Waals surface area contributed by atoms with Gasteiger partial charge >= 0.3 is 0 Å². The Kier molecular flexibility index (Phi) is 3.21. The van der Waals surface area contributed by atoms with Gasteiger partial charge < -0.3 is 16.0 Å². The quantitative estimate of drug-likeness (QED) is 0.528. The van der Waals surface area contributed by atoms with E-state index in [1.807, 2.05) is 18.3 Å². The first-order valence-electron chi connectivity index (χ1n) is 8.37. The van der Waals surface area contributed by atoms with E-state index in [0.29, 0.717) is 12.4 Å². The lowest BCUT2D eigenvalue weighted by Crippen LogP contribution is -2.00. The van der Waals surface area contributed by atoms with Crippen LogP contribution in [0.5, 0.6) is 0 Å². The number of rotatable bonds is 3. The SMILES string of the molecule is Nc1nccc(Nc2cc3c(c(-c4cc5ccccc5[nH]4)c2)CN=C3)n1. The first-order chi connectivity index (χ1) is 12.8. The summed E-state index contributed by atoms with van der Waals surface area (Å²) in [5, 5.41) is 4.50. The first-order valence-corrected chi connectivity index (χ1v) is 8.37. The predicted octanol–water partition coefficient (Wildman–Crippen LogP) is 3.88. The van der Waals surface area contributed by atoms with E-state index >= 15 is 0 Å². The molecule has 1 aliphatic rings. The highest BCUT2D eigenvalue weighted by molar-refractivity contribution is 5.93. The molecule has 126 valence electrons. The molecule has 6 nitrogen and oxygen atoms in total. The Hall–Kier alpha value is -3.67. The smallest absolute Gasteiger partial charge is 0.221 e. The summed E-state index contributed by atoms with van der Waals surface area (Å²) >= 11 is 0. The Morgan fingerprint density at radius 1 is 1.08 bits per heavy atom. The van der Waals surface area contributed by atoms with Gasteiger partial charge in [0, 0.05) is 45.8 Å². The minimum Gasteiger partial charge on any atom is -0.368 e. The normalized spacial score (nSPS) is 12.5. The molecule has 2 aromatic carbocycles. The zero-order valence-corrected chi connectivity index (χ0v) is 13.9. The molecule has 0 spiro atoms. The van der Waals surface area contributed by atoms with E-state index in [9.17, 15) is 0 Å². The Labute approximate surface area is 149 Å². The maximum atomic E-state index is 5.68. The second kappa shape index (κ2) is 5.70. The minimum atomic E-state index is 0.244. The zero-order valence-electron chi connectivity index (χ0n) is 13.9. The monoisotopic (exact) mass is 340 g/mol. The average molecular weight is 340 g/mol.